The van der Waals surface area contributed by atoms with Crippen LogP contribution in [0, 0.1) is 5.41 Å². The number of halogens is 4. The van der Waals surface area contributed by atoms with E-state index in [1.165, 1.54) is 24.3 Å². The van der Waals surface area contributed by atoms with Crippen molar-refractivity contribution in [2.24, 2.45) is 5.73 Å². The van der Waals surface area contributed by atoms with Crippen LogP contribution in [0.4, 0.5) is 18.9 Å². The van der Waals surface area contributed by atoms with Gasteiger partial charge < -0.3 is 15.3 Å². The summed E-state index contributed by atoms with van der Waals surface area (Å²) in [6.07, 6.45) is -5.21. The summed E-state index contributed by atoms with van der Waals surface area (Å²) in [5, 5.41) is 8.09. The predicted molar refractivity (Wildman–Crippen MR) is 88.8 cm³/mol. The number of guanidine groups is 1. The number of carbonyl (C=O) groups is 1. The van der Waals surface area contributed by atoms with Gasteiger partial charge in [0.1, 0.15) is 12.4 Å². The number of alkyl halides is 3. The Morgan fingerprint density at radius 3 is 2.38 bits per heavy atom. The molecule has 2 aromatic rings. The van der Waals surface area contributed by atoms with Crippen molar-refractivity contribution in [3.8, 4) is 5.75 Å². The molecule has 0 amide bonds. The zero-order valence-corrected chi connectivity index (χ0v) is 13.8. The van der Waals surface area contributed by atoms with E-state index < -0.39 is 18.1 Å². The predicted octanol–water partition coefficient (Wildman–Crippen LogP) is 3.64. The van der Waals surface area contributed by atoms with Crippen molar-refractivity contribution in [1.29, 1.82) is 5.41 Å². The highest BCUT2D eigenvalue weighted by Crippen LogP contribution is 2.23. The Labute approximate surface area is 151 Å². The molecular weight excluding hydrogens is 375 g/mol. The first-order valence-corrected chi connectivity index (χ1v) is 7.45. The molecule has 0 atom stereocenters. The summed E-state index contributed by atoms with van der Waals surface area (Å²) in [5.74, 6) is -2.98. The molecule has 0 aliphatic heterocycles. The van der Waals surface area contributed by atoms with Crippen LogP contribution < -0.4 is 15.5 Å². The average Bonchev–Trinajstić information content (AvgIpc) is 2.57. The number of nitrogens with one attached hydrogen (secondary N) is 1. The van der Waals surface area contributed by atoms with Crippen LogP contribution in [0.5, 0.6) is 5.75 Å². The van der Waals surface area contributed by atoms with Crippen LogP contribution in [0.3, 0.4) is 0 Å². The van der Waals surface area contributed by atoms with Crippen LogP contribution >= 0.6 is 11.6 Å². The van der Waals surface area contributed by atoms with E-state index in [9.17, 15) is 18.0 Å². The molecular formula is C16H13ClF3N3O3. The van der Waals surface area contributed by atoms with Crippen molar-refractivity contribution in [2.45, 2.75) is 12.8 Å². The average molecular weight is 388 g/mol. The molecule has 0 aliphatic rings. The van der Waals surface area contributed by atoms with Crippen molar-refractivity contribution in [3.63, 3.8) is 0 Å². The van der Waals surface area contributed by atoms with E-state index in [-0.39, 0.29) is 17.4 Å². The summed E-state index contributed by atoms with van der Waals surface area (Å²) < 4.78 is 42.4. The minimum absolute atomic E-state index is 0.0507. The van der Waals surface area contributed by atoms with Gasteiger partial charge in [0.25, 0.3) is 0 Å². The van der Waals surface area contributed by atoms with Crippen LogP contribution in [0.1, 0.15) is 5.56 Å². The highest BCUT2D eigenvalue weighted by Gasteiger charge is 2.43. The largest absolute Gasteiger partial charge is 0.493 e. The van der Waals surface area contributed by atoms with Gasteiger partial charge in [0.2, 0.25) is 5.96 Å². The molecule has 0 radical (unpaired) electrons. The highest BCUT2D eigenvalue weighted by atomic mass is 35.5. The fourth-order valence-corrected chi connectivity index (χ4v) is 2.06. The lowest BCUT2D eigenvalue weighted by Crippen LogP contribution is -2.42. The van der Waals surface area contributed by atoms with E-state index in [1.807, 2.05) is 6.07 Å². The molecule has 0 fully saturated rings. The number of carbonyl (C=O) groups excluding carboxylic acids is 1. The van der Waals surface area contributed by atoms with E-state index in [4.69, 9.17) is 27.5 Å². The summed E-state index contributed by atoms with van der Waals surface area (Å²) in [4.78, 5) is 15.0. The van der Waals surface area contributed by atoms with Crippen LogP contribution in [0.25, 0.3) is 0 Å². The Morgan fingerprint density at radius 1 is 1.19 bits per heavy atom. The Hall–Kier alpha value is -2.94. The standard InChI is InChI=1S/C16H13ClF3N3O3/c17-11-3-1-2-10(8-11)9-25-13-6-4-12(5-7-13)23(15(21)22)26-14(24)16(18,19)20/h1-8H,9H2,(H3,21,22). The molecule has 0 unspecified atom stereocenters. The number of hydrogen-bond donors (Lipinski definition) is 2. The first kappa shape index (κ1) is 19.4. The van der Waals surface area contributed by atoms with Gasteiger partial charge in [0, 0.05) is 5.02 Å². The molecule has 2 aromatic carbocycles. The molecule has 0 saturated carbocycles. The topological polar surface area (TPSA) is 88.6 Å². The van der Waals surface area contributed by atoms with Gasteiger partial charge in [-0.25, -0.2) is 4.79 Å². The van der Waals surface area contributed by atoms with Gasteiger partial charge >= 0.3 is 12.1 Å². The highest BCUT2D eigenvalue weighted by molar-refractivity contribution is 6.30. The number of anilines is 1. The van der Waals surface area contributed by atoms with Crippen molar-refractivity contribution in [2.75, 3.05) is 5.06 Å². The number of nitrogens with two attached hydrogens (primary N) is 1. The number of hydroxylamine groups is 1. The van der Waals surface area contributed by atoms with E-state index in [0.717, 1.165) is 5.56 Å². The number of ether oxygens (including phenoxy) is 1. The molecule has 2 rings (SSSR count). The van der Waals surface area contributed by atoms with E-state index in [0.29, 0.717) is 10.8 Å². The molecule has 10 heteroatoms. The Bertz CT molecular complexity index is 797. The molecule has 3 N–H and O–H groups in total. The molecule has 0 saturated heterocycles. The summed E-state index contributed by atoms with van der Waals surface area (Å²) in [7, 11) is 0. The molecule has 0 spiro atoms. The summed E-state index contributed by atoms with van der Waals surface area (Å²) in [5.41, 5.74) is 5.94. The van der Waals surface area contributed by atoms with Gasteiger partial charge in [-0.15, -0.1) is 5.06 Å². The number of benzene rings is 2. The second-order valence-electron chi connectivity index (χ2n) is 4.97. The first-order chi connectivity index (χ1) is 12.2. The summed E-state index contributed by atoms with van der Waals surface area (Å²) in [6, 6.07) is 12.5. The zero-order chi connectivity index (χ0) is 19.3. The Kier molecular flexibility index (Phi) is 5.93. The lowest BCUT2D eigenvalue weighted by molar-refractivity contribution is -0.199. The van der Waals surface area contributed by atoms with Crippen molar-refractivity contribution in [1.82, 2.24) is 0 Å². The lowest BCUT2D eigenvalue weighted by Gasteiger charge is -2.21. The molecule has 6 nitrogen and oxygen atoms in total. The van der Waals surface area contributed by atoms with Crippen LogP contribution in [-0.4, -0.2) is 18.1 Å². The maximum absolute atomic E-state index is 12.3. The molecule has 26 heavy (non-hydrogen) atoms. The fraction of sp³-hybridized carbons (Fsp3) is 0.125. The normalized spacial score (nSPS) is 10.9. The number of hydrogen-bond acceptors (Lipinski definition) is 4. The first-order valence-electron chi connectivity index (χ1n) is 7.07. The number of nitrogens with zero attached hydrogens (tertiary/aromatic N) is 1. The monoisotopic (exact) mass is 387 g/mol. The second-order valence-corrected chi connectivity index (χ2v) is 5.41. The summed E-state index contributed by atoms with van der Waals surface area (Å²) >= 11 is 5.87. The van der Waals surface area contributed by atoms with Gasteiger partial charge in [-0.2, -0.15) is 13.2 Å². The van der Waals surface area contributed by atoms with Gasteiger partial charge in [0.05, 0.1) is 5.69 Å². The SMILES string of the molecule is N=C(N)N(OC(=O)C(F)(F)F)c1ccc(OCc2cccc(Cl)c2)cc1. The Balaban J connectivity index is 2.06. The molecule has 0 aliphatic carbocycles. The van der Waals surface area contributed by atoms with E-state index in [1.54, 1.807) is 18.2 Å². The van der Waals surface area contributed by atoms with Crippen molar-refractivity contribution < 1.29 is 27.5 Å². The van der Waals surface area contributed by atoms with Crippen molar-refractivity contribution >= 4 is 29.2 Å². The molecule has 0 aromatic heterocycles. The maximum Gasteiger partial charge on any atom is 0.493 e. The van der Waals surface area contributed by atoms with Gasteiger partial charge in [0.15, 0.2) is 0 Å². The minimum atomic E-state index is -5.21. The minimum Gasteiger partial charge on any atom is -0.489 e. The van der Waals surface area contributed by atoms with Crippen molar-refractivity contribution in [3.05, 3.63) is 59.1 Å². The smallest absolute Gasteiger partial charge is 0.489 e. The second kappa shape index (κ2) is 7.96. The van der Waals surface area contributed by atoms with E-state index >= 15 is 0 Å². The van der Waals surface area contributed by atoms with Crippen LogP contribution in [-0.2, 0) is 16.2 Å². The third-order valence-electron chi connectivity index (χ3n) is 2.99. The fourth-order valence-electron chi connectivity index (χ4n) is 1.85. The molecule has 138 valence electrons. The molecule has 0 bridgehead atoms. The van der Waals surface area contributed by atoms with Gasteiger partial charge in [-0.1, -0.05) is 23.7 Å². The van der Waals surface area contributed by atoms with Crippen LogP contribution in [0.2, 0.25) is 5.02 Å². The summed E-state index contributed by atoms with van der Waals surface area (Å²) in [6.45, 7) is 0.222. The van der Waals surface area contributed by atoms with E-state index in [2.05, 4.69) is 4.84 Å². The zero-order valence-electron chi connectivity index (χ0n) is 13.1. The quantitative estimate of drug-likeness (QED) is 0.475. The Morgan fingerprint density at radius 2 is 1.85 bits per heavy atom. The lowest BCUT2D eigenvalue weighted by atomic mass is 10.2. The third kappa shape index (κ3) is 5.28. The van der Waals surface area contributed by atoms with Gasteiger partial charge in [-0.05, 0) is 42.0 Å². The third-order valence-corrected chi connectivity index (χ3v) is 3.23. The maximum atomic E-state index is 12.3. The van der Waals surface area contributed by atoms with Crippen LogP contribution in [0.15, 0.2) is 48.5 Å². The number of rotatable bonds is 4. The molecule has 0 heterocycles. The van der Waals surface area contributed by atoms with Gasteiger partial charge in [-0.3, -0.25) is 5.41 Å².